The molecule has 11 aromatic rings. The molecule has 0 saturated carbocycles. The summed E-state index contributed by atoms with van der Waals surface area (Å²) in [5.41, 5.74) is 19.2. The fraction of sp³-hybridized carbons (Fsp3) is 0.0159. The van der Waals surface area contributed by atoms with Gasteiger partial charge in [0, 0.05) is 16.7 Å². The highest BCUT2D eigenvalue weighted by atomic mass is 14.9. The topological polar surface area (TPSA) is 25.8 Å². The van der Waals surface area contributed by atoms with Crippen molar-refractivity contribution in [3.05, 3.63) is 277 Å². The second-order valence-electron chi connectivity index (χ2n) is 16.8. The lowest BCUT2D eigenvalue weighted by atomic mass is 9.66. The van der Waals surface area contributed by atoms with Crippen LogP contribution in [0.1, 0.15) is 22.3 Å². The third-order valence-corrected chi connectivity index (χ3v) is 13.2. The minimum absolute atomic E-state index is 0.506. The second kappa shape index (κ2) is 16.0. The second-order valence-corrected chi connectivity index (χ2v) is 16.8. The normalized spacial score (nSPS) is 12.4. The number of hydrogen-bond acceptors (Lipinski definition) is 2. The van der Waals surface area contributed by atoms with Crippen LogP contribution in [0.5, 0.6) is 0 Å². The fourth-order valence-corrected chi connectivity index (χ4v) is 10.3. The van der Waals surface area contributed by atoms with E-state index < -0.39 is 5.41 Å². The Morgan fingerprint density at radius 1 is 0.262 bits per heavy atom. The van der Waals surface area contributed by atoms with Crippen LogP contribution in [0, 0.1) is 0 Å². The van der Waals surface area contributed by atoms with Crippen LogP contribution < -0.4 is 0 Å². The lowest BCUT2D eigenvalue weighted by Gasteiger charge is -2.35. The monoisotopic (exact) mass is 826 g/mol. The van der Waals surface area contributed by atoms with Crippen molar-refractivity contribution in [2.75, 3.05) is 0 Å². The molecule has 1 aromatic heterocycles. The van der Waals surface area contributed by atoms with Crippen LogP contribution in [0.4, 0.5) is 0 Å². The highest BCUT2D eigenvalue weighted by Gasteiger charge is 2.47. The van der Waals surface area contributed by atoms with Crippen LogP contribution in [0.25, 0.3) is 89.2 Å². The van der Waals surface area contributed by atoms with E-state index in [1.54, 1.807) is 0 Å². The summed E-state index contributed by atoms with van der Waals surface area (Å²) in [6.45, 7) is 0. The van der Waals surface area contributed by atoms with Crippen LogP contribution in [0.15, 0.2) is 255 Å². The SMILES string of the molecule is c1ccc(-c2ccc(-c3nc(-c4ccccc4)cc(-c4ccc(-c5cccc(-c6cccc7c6C(c6ccccc6)(c6ccccc6)c6ccccc6-7)c5)c5ccccc45)n3)cc2)cc1. The maximum Gasteiger partial charge on any atom is 0.160 e. The largest absolute Gasteiger partial charge is 0.228 e. The van der Waals surface area contributed by atoms with E-state index in [2.05, 4.69) is 243 Å². The molecule has 304 valence electrons. The molecule has 0 amide bonds. The molecule has 12 rings (SSSR count). The van der Waals surface area contributed by atoms with Crippen LogP contribution in [-0.2, 0) is 5.41 Å². The first kappa shape index (κ1) is 38.2. The lowest BCUT2D eigenvalue weighted by Crippen LogP contribution is -2.29. The summed E-state index contributed by atoms with van der Waals surface area (Å²) in [6, 6.07) is 92.0. The quantitative estimate of drug-likeness (QED) is 0.152. The Hall–Kier alpha value is -8.46. The first-order valence-corrected chi connectivity index (χ1v) is 22.3. The van der Waals surface area contributed by atoms with Gasteiger partial charge in [-0.15, -0.1) is 0 Å². The standard InChI is InChI=1S/C63H42N2/c1-5-19-43(20-6-1)44-35-37-46(38-36-44)62-64-59(45-21-7-2-8-22-45)42-60(65-62)56-40-39-51(53-29-13-14-30-54(53)56)47-23-17-24-48(41-47)52-32-18-33-57-55-31-15-16-34-58(55)63(61(52)57,49-25-9-3-10-26-49)50-27-11-4-12-28-50/h1-42H. The zero-order chi connectivity index (χ0) is 43.2. The molecular weight excluding hydrogens is 785 g/mol. The summed E-state index contributed by atoms with van der Waals surface area (Å²) in [5, 5.41) is 2.31. The third kappa shape index (κ3) is 6.50. The number of hydrogen-bond donors (Lipinski definition) is 0. The van der Waals surface area contributed by atoms with Crippen LogP contribution in [0.3, 0.4) is 0 Å². The number of benzene rings is 10. The Bertz CT molecular complexity index is 3470. The van der Waals surface area contributed by atoms with Crippen molar-refractivity contribution in [2.45, 2.75) is 5.41 Å². The molecular formula is C63H42N2. The van der Waals surface area contributed by atoms with Crippen molar-refractivity contribution in [3.8, 4) is 78.4 Å². The van der Waals surface area contributed by atoms with Gasteiger partial charge in [0.15, 0.2) is 5.82 Å². The zero-order valence-corrected chi connectivity index (χ0v) is 35.6. The van der Waals surface area contributed by atoms with Crippen molar-refractivity contribution in [2.24, 2.45) is 0 Å². The van der Waals surface area contributed by atoms with Crippen molar-refractivity contribution in [1.29, 1.82) is 0 Å². The van der Waals surface area contributed by atoms with E-state index in [0.717, 1.165) is 44.6 Å². The van der Waals surface area contributed by atoms with Crippen molar-refractivity contribution in [3.63, 3.8) is 0 Å². The van der Waals surface area contributed by atoms with E-state index in [0.29, 0.717) is 5.82 Å². The molecule has 2 nitrogen and oxygen atoms in total. The van der Waals surface area contributed by atoms with Gasteiger partial charge in [0.25, 0.3) is 0 Å². The number of rotatable bonds is 8. The van der Waals surface area contributed by atoms with E-state index >= 15 is 0 Å². The molecule has 2 heteroatoms. The summed E-state index contributed by atoms with van der Waals surface area (Å²) in [6.07, 6.45) is 0. The molecule has 0 bridgehead atoms. The predicted octanol–water partition coefficient (Wildman–Crippen LogP) is 16.0. The first-order chi connectivity index (χ1) is 32.2. The molecule has 0 aliphatic heterocycles. The van der Waals surface area contributed by atoms with Crippen LogP contribution in [0.2, 0.25) is 0 Å². The lowest BCUT2D eigenvalue weighted by molar-refractivity contribution is 0.770. The predicted molar refractivity (Wildman–Crippen MR) is 269 cm³/mol. The highest BCUT2D eigenvalue weighted by Crippen LogP contribution is 2.58. The molecule has 0 fully saturated rings. The molecule has 10 aromatic carbocycles. The number of nitrogens with zero attached hydrogens (tertiary/aromatic N) is 2. The molecule has 0 saturated heterocycles. The maximum absolute atomic E-state index is 5.31. The minimum Gasteiger partial charge on any atom is -0.228 e. The molecule has 0 radical (unpaired) electrons. The van der Waals surface area contributed by atoms with E-state index in [1.165, 1.54) is 61.0 Å². The van der Waals surface area contributed by atoms with Crippen molar-refractivity contribution >= 4 is 10.8 Å². The van der Waals surface area contributed by atoms with Gasteiger partial charge in [-0.3, -0.25) is 0 Å². The van der Waals surface area contributed by atoms with Crippen molar-refractivity contribution in [1.82, 2.24) is 9.97 Å². The van der Waals surface area contributed by atoms with Gasteiger partial charge < -0.3 is 0 Å². The van der Waals surface area contributed by atoms with Gasteiger partial charge in [0.05, 0.1) is 16.8 Å². The summed E-state index contributed by atoms with van der Waals surface area (Å²) < 4.78 is 0. The molecule has 65 heavy (non-hydrogen) atoms. The summed E-state index contributed by atoms with van der Waals surface area (Å²) in [7, 11) is 0. The van der Waals surface area contributed by atoms with Crippen molar-refractivity contribution < 1.29 is 0 Å². The molecule has 0 N–H and O–H groups in total. The Labute approximate surface area is 379 Å². The molecule has 1 aliphatic carbocycles. The van der Waals surface area contributed by atoms with Gasteiger partial charge in [0.1, 0.15) is 0 Å². The van der Waals surface area contributed by atoms with Gasteiger partial charge in [-0.2, -0.15) is 0 Å². The smallest absolute Gasteiger partial charge is 0.160 e. The van der Waals surface area contributed by atoms with E-state index in [1.807, 2.05) is 12.1 Å². The van der Waals surface area contributed by atoms with E-state index in [-0.39, 0.29) is 0 Å². The Morgan fingerprint density at radius 3 is 1.42 bits per heavy atom. The summed E-state index contributed by atoms with van der Waals surface area (Å²) in [5.74, 6) is 0.696. The third-order valence-electron chi connectivity index (χ3n) is 13.2. The van der Waals surface area contributed by atoms with Gasteiger partial charge in [0.2, 0.25) is 0 Å². The van der Waals surface area contributed by atoms with Gasteiger partial charge in [-0.05, 0) is 89.7 Å². The van der Waals surface area contributed by atoms with Gasteiger partial charge in [-0.1, -0.05) is 243 Å². The summed E-state index contributed by atoms with van der Waals surface area (Å²) >= 11 is 0. The fourth-order valence-electron chi connectivity index (χ4n) is 10.3. The Balaban J connectivity index is 1.00. The van der Waals surface area contributed by atoms with Crippen LogP contribution >= 0.6 is 0 Å². The Kier molecular flexibility index (Phi) is 9.43. The van der Waals surface area contributed by atoms with E-state index in [4.69, 9.17) is 9.97 Å². The average Bonchev–Trinajstić information content (AvgIpc) is 3.70. The van der Waals surface area contributed by atoms with Gasteiger partial charge >= 0.3 is 0 Å². The molecule has 1 aliphatic rings. The first-order valence-electron chi connectivity index (χ1n) is 22.3. The van der Waals surface area contributed by atoms with E-state index in [9.17, 15) is 0 Å². The Morgan fingerprint density at radius 2 is 0.723 bits per heavy atom. The highest BCUT2D eigenvalue weighted by molar-refractivity contribution is 6.05. The van der Waals surface area contributed by atoms with Crippen LogP contribution in [-0.4, -0.2) is 9.97 Å². The molecule has 1 heterocycles. The number of aromatic nitrogens is 2. The zero-order valence-electron chi connectivity index (χ0n) is 35.6. The molecule has 0 spiro atoms. The maximum atomic E-state index is 5.31. The molecule has 0 unspecified atom stereocenters. The average molecular weight is 827 g/mol. The minimum atomic E-state index is -0.506. The number of fused-ring (bicyclic) bond motifs is 4. The molecule has 0 atom stereocenters. The summed E-state index contributed by atoms with van der Waals surface area (Å²) in [4.78, 5) is 10.5. The van der Waals surface area contributed by atoms with Gasteiger partial charge in [-0.25, -0.2) is 9.97 Å².